The molecule has 0 radical (unpaired) electrons. The Balaban J connectivity index is 1.18. The van der Waals surface area contributed by atoms with Gasteiger partial charge in [-0.2, -0.15) is 10.1 Å². The summed E-state index contributed by atoms with van der Waals surface area (Å²) in [6.07, 6.45) is 5.28. The number of hydrogen-bond acceptors (Lipinski definition) is 5. The molecule has 0 fully saturated rings. The van der Waals surface area contributed by atoms with Crippen LogP contribution in [0.2, 0.25) is 5.02 Å². The molecule has 0 aliphatic carbocycles. The van der Waals surface area contributed by atoms with Crippen molar-refractivity contribution in [3.05, 3.63) is 89.0 Å². The van der Waals surface area contributed by atoms with Crippen molar-refractivity contribution in [1.82, 2.24) is 25.2 Å². The van der Waals surface area contributed by atoms with Crippen LogP contribution >= 0.6 is 11.6 Å². The second kappa shape index (κ2) is 10.0. The first-order valence-corrected chi connectivity index (χ1v) is 10.4. The van der Waals surface area contributed by atoms with Crippen LogP contribution in [-0.2, 0) is 24.3 Å². The first kappa shape index (κ1) is 20.8. The number of hydrogen-bond donors (Lipinski definition) is 1. The molecule has 1 N–H and O–H groups in total. The Bertz CT molecular complexity index is 1110. The Morgan fingerprint density at radius 1 is 1.06 bits per heavy atom. The van der Waals surface area contributed by atoms with E-state index in [0.717, 1.165) is 23.2 Å². The maximum atomic E-state index is 12.1. The minimum atomic E-state index is -0.00180. The number of carbonyl (C=O) groups excluding carboxylic acids is 1. The predicted octanol–water partition coefficient (Wildman–Crippen LogP) is 4.27. The van der Waals surface area contributed by atoms with E-state index >= 15 is 0 Å². The maximum Gasteiger partial charge on any atom is 0.226 e. The van der Waals surface area contributed by atoms with Crippen molar-refractivity contribution < 1.29 is 9.32 Å². The molecule has 1 amide bonds. The number of halogens is 1. The van der Waals surface area contributed by atoms with Gasteiger partial charge in [0, 0.05) is 42.4 Å². The highest BCUT2D eigenvalue weighted by atomic mass is 35.5. The summed E-state index contributed by atoms with van der Waals surface area (Å²) in [5.41, 5.74) is 3.06. The number of amides is 1. The van der Waals surface area contributed by atoms with Gasteiger partial charge in [-0.25, -0.2) is 0 Å². The molecule has 0 saturated carbocycles. The van der Waals surface area contributed by atoms with Gasteiger partial charge in [0.1, 0.15) is 0 Å². The van der Waals surface area contributed by atoms with Gasteiger partial charge >= 0.3 is 0 Å². The van der Waals surface area contributed by atoms with Gasteiger partial charge in [0.25, 0.3) is 0 Å². The first-order valence-electron chi connectivity index (χ1n) is 10.1. The minimum Gasteiger partial charge on any atom is -0.352 e. The molecule has 0 atom stereocenters. The molecular weight excluding hydrogens is 414 g/mol. The van der Waals surface area contributed by atoms with Crippen LogP contribution in [0, 0.1) is 0 Å². The average Bonchev–Trinajstić information content (AvgIpc) is 3.46. The molecule has 0 bridgehead atoms. The van der Waals surface area contributed by atoms with E-state index in [1.54, 1.807) is 18.3 Å². The summed E-state index contributed by atoms with van der Waals surface area (Å²) in [5.74, 6) is 1.04. The molecule has 2 aromatic carbocycles. The lowest BCUT2D eigenvalue weighted by Crippen LogP contribution is -2.22. The van der Waals surface area contributed by atoms with Crippen LogP contribution in [0.15, 0.2) is 71.5 Å². The van der Waals surface area contributed by atoms with Crippen LogP contribution in [0.4, 0.5) is 0 Å². The molecule has 0 saturated heterocycles. The molecule has 0 spiro atoms. The molecule has 0 unspecified atom stereocenters. The standard InChI is InChI=1S/C23H22ClN5O2/c24-20-11-9-19(10-12-20)23-27-22(31-28-23)4-1-3-21(30)25-15-17-5-7-18(8-6-17)16-29-14-2-13-26-29/h2,5-14H,1,3-4,15-16H2,(H,25,30). The monoisotopic (exact) mass is 435 g/mol. The summed E-state index contributed by atoms with van der Waals surface area (Å²) in [5, 5.41) is 11.8. The van der Waals surface area contributed by atoms with Crippen molar-refractivity contribution in [3.8, 4) is 11.4 Å². The molecular formula is C23H22ClN5O2. The molecule has 0 aliphatic rings. The van der Waals surface area contributed by atoms with Crippen molar-refractivity contribution in [1.29, 1.82) is 0 Å². The van der Waals surface area contributed by atoms with E-state index in [2.05, 4.69) is 32.7 Å². The summed E-state index contributed by atoms with van der Waals surface area (Å²) in [4.78, 5) is 16.5. The molecule has 7 nitrogen and oxygen atoms in total. The van der Waals surface area contributed by atoms with Crippen molar-refractivity contribution in [2.45, 2.75) is 32.4 Å². The van der Waals surface area contributed by atoms with Gasteiger partial charge in [0.15, 0.2) is 0 Å². The van der Waals surface area contributed by atoms with E-state index in [4.69, 9.17) is 16.1 Å². The summed E-state index contributed by atoms with van der Waals surface area (Å²) >= 11 is 5.89. The fourth-order valence-corrected chi connectivity index (χ4v) is 3.23. The second-order valence-electron chi connectivity index (χ2n) is 7.17. The summed E-state index contributed by atoms with van der Waals surface area (Å²) in [7, 11) is 0. The number of nitrogens with one attached hydrogen (secondary N) is 1. The van der Waals surface area contributed by atoms with Crippen molar-refractivity contribution in [2.75, 3.05) is 0 Å². The number of aryl methyl sites for hydroxylation is 1. The third-order valence-electron chi connectivity index (χ3n) is 4.78. The second-order valence-corrected chi connectivity index (χ2v) is 7.61. The molecule has 4 aromatic rings. The number of aromatic nitrogens is 4. The Labute approximate surface area is 185 Å². The number of benzene rings is 2. The third kappa shape index (κ3) is 6.02. The van der Waals surface area contributed by atoms with E-state index in [0.29, 0.717) is 42.5 Å². The number of nitrogens with zero attached hydrogens (tertiary/aromatic N) is 4. The average molecular weight is 436 g/mol. The van der Waals surface area contributed by atoms with E-state index in [1.807, 2.05) is 41.2 Å². The Morgan fingerprint density at radius 2 is 1.84 bits per heavy atom. The predicted molar refractivity (Wildman–Crippen MR) is 117 cm³/mol. The topological polar surface area (TPSA) is 85.8 Å². The van der Waals surface area contributed by atoms with Gasteiger partial charge in [-0.3, -0.25) is 9.48 Å². The van der Waals surface area contributed by atoms with E-state index in [-0.39, 0.29) is 5.91 Å². The molecule has 2 aromatic heterocycles. The highest BCUT2D eigenvalue weighted by Gasteiger charge is 2.10. The van der Waals surface area contributed by atoms with Crippen molar-refractivity contribution >= 4 is 17.5 Å². The zero-order valence-corrected chi connectivity index (χ0v) is 17.6. The van der Waals surface area contributed by atoms with Crippen LogP contribution in [0.5, 0.6) is 0 Å². The number of carbonyl (C=O) groups is 1. The highest BCUT2D eigenvalue weighted by molar-refractivity contribution is 6.30. The summed E-state index contributed by atoms with van der Waals surface area (Å²) in [6.45, 7) is 1.23. The Hall–Kier alpha value is -3.45. The lowest BCUT2D eigenvalue weighted by molar-refractivity contribution is -0.121. The zero-order chi connectivity index (χ0) is 21.5. The molecule has 158 valence electrons. The lowest BCUT2D eigenvalue weighted by Gasteiger charge is -2.07. The number of rotatable bonds is 9. The molecule has 8 heteroatoms. The van der Waals surface area contributed by atoms with Crippen LogP contribution < -0.4 is 5.32 Å². The SMILES string of the molecule is O=C(CCCc1nc(-c2ccc(Cl)cc2)no1)NCc1ccc(Cn2cccn2)cc1. The maximum absolute atomic E-state index is 12.1. The Kier molecular flexibility index (Phi) is 6.74. The van der Waals surface area contributed by atoms with Gasteiger partial charge in [-0.15, -0.1) is 0 Å². The third-order valence-corrected chi connectivity index (χ3v) is 5.03. The normalized spacial score (nSPS) is 10.9. The van der Waals surface area contributed by atoms with Crippen LogP contribution in [-0.4, -0.2) is 25.8 Å². The fourth-order valence-electron chi connectivity index (χ4n) is 3.11. The zero-order valence-electron chi connectivity index (χ0n) is 16.9. The molecule has 4 rings (SSSR count). The highest BCUT2D eigenvalue weighted by Crippen LogP contribution is 2.19. The van der Waals surface area contributed by atoms with Crippen LogP contribution in [0.3, 0.4) is 0 Å². The lowest BCUT2D eigenvalue weighted by atomic mass is 10.1. The van der Waals surface area contributed by atoms with Crippen LogP contribution in [0.25, 0.3) is 11.4 Å². The van der Waals surface area contributed by atoms with E-state index in [1.165, 1.54) is 0 Å². The van der Waals surface area contributed by atoms with Gasteiger partial charge in [0.05, 0.1) is 6.54 Å². The van der Waals surface area contributed by atoms with Gasteiger partial charge in [-0.05, 0) is 47.9 Å². The smallest absolute Gasteiger partial charge is 0.226 e. The van der Waals surface area contributed by atoms with Crippen molar-refractivity contribution in [3.63, 3.8) is 0 Å². The largest absolute Gasteiger partial charge is 0.352 e. The molecule has 0 aliphatic heterocycles. The van der Waals surface area contributed by atoms with Gasteiger partial charge < -0.3 is 9.84 Å². The van der Waals surface area contributed by atoms with Crippen molar-refractivity contribution in [2.24, 2.45) is 0 Å². The van der Waals surface area contributed by atoms with Gasteiger partial charge in [-0.1, -0.05) is 41.0 Å². The molecule has 31 heavy (non-hydrogen) atoms. The summed E-state index contributed by atoms with van der Waals surface area (Å²) < 4.78 is 7.15. The Morgan fingerprint density at radius 3 is 2.58 bits per heavy atom. The van der Waals surface area contributed by atoms with E-state index in [9.17, 15) is 4.79 Å². The minimum absolute atomic E-state index is 0.00180. The first-order chi connectivity index (χ1) is 15.2. The summed E-state index contributed by atoms with van der Waals surface area (Å²) in [6, 6.07) is 17.3. The van der Waals surface area contributed by atoms with Gasteiger partial charge in [0.2, 0.25) is 17.6 Å². The fraction of sp³-hybridized carbons (Fsp3) is 0.217. The van der Waals surface area contributed by atoms with E-state index < -0.39 is 0 Å². The quantitative estimate of drug-likeness (QED) is 0.424. The van der Waals surface area contributed by atoms with Crippen LogP contribution in [0.1, 0.15) is 29.9 Å². The molecule has 2 heterocycles.